The van der Waals surface area contributed by atoms with Crippen LogP contribution in [-0.4, -0.2) is 17.3 Å². The van der Waals surface area contributed by atoms with E-state index in [9.17, 15) is 4.79 Å². The standard InChI is InChI=1S/C14H20BrNO2/c1-4-14(17)16-12-7-6-11(8-10(3)15)9-13(12)18-5-2/h6-7,9-10H,4-5,8H2,1-3H3,(H,16,17). The van der Waals surface area contributed by atoms with E-state index >= 15 is 0 Å². The number of rotatable bonds is 6. The number of alkyl halides is 1. The number of anilines is 1. The number of hydrogen-bond donors (Lipinski definition) is 1. The number of halogens is 1. The fraction of sp³-hybridized carbons (Fsp3) is 0.500. The smallest absolute Gasteiger partial charge is 0.224 e. The van der Waals surface area contributed by atoms with Crippen molar-refractivity contribution in [1.82, 2.24) is 0 Å². The van der Waals surface area contributed by atoms with E-state index in [4.69, 9.17) is 4.74 Å². The monoisotopic (exact) mass is 313 g/mol. The van der Waals surface area contributed by atoms with Crippen LogP contribution < -0.4 is 10.1 Å². The highest BCUT2D eigenvalue weighted by atomic mass is 79.9. The van der Waals surface area contributed by atoms with Gasteiger partial charge in [0.25, 0.3) is 0 Å². The molecule has 4 heteroatoms. The highest BCUT2D eigenvalue weighted by molar-refractivity contribution is 9.09. The predicted molar refractivity (Wildman–Crippen MR) is 78.6 cm³/mol. The molecule has 0 aromatic heterocycles. The Hall–Kier alpha value is -1.03. The van der Waals surface area contributed by atoms with Crippen LogP contribution in [0, 0.1) is 0 Å². The number of nitrogens with one attached hydrogen (secondary N) is 1. The van der Waals surface area contributed by atoms with Crippen LogP contribution in [0.4, 0.5) is 5.69 Å². The molecule has 100 valence electrons. The largest absolute Gasteiger partial charge is 0.492 e. The Morgan fingerprint density at radius 3 is 2.72 bits per heavy atom. The zero-order chi connectivity index (χ0) is 13.5. The van der Waals surface area contributed by atoms with Crippen molar-refractivity contribution in [3.8, 4) is 5.75 Å². The van der Waals surface area contributed by atoms with Gasteiger partial charge in [-0.3, -0.25) is 4.79 Å². The molecule has 1 aromatic carbocycles. The van der Waals surface area contributed by atoms with Crippen molar-refractivity contribution in [3.05, 3.63) is 23.8 Å². The zero-order valence-corrected chi connectivity index (χ0v) is 12.7. The van der Waals surface area contributed by atoms with E-state index in [1.165, 1.54) is 5.56 Å². The minimum absolute atomic E-state index is 0.00226. The Morgan fingerprint density at radius 1 is 1.44 bits per heavy atom. The summed E-state index contributed by atoms with van der Waals surface area (Å²) in [6.07, 6.45) is 1.40. The highest BCUT2D eigenvalue weighted by Gasteiger charge is 2.09. The van der Waals surface area contributed by atoms with Crippen LogP contribution >= 0.6 is 15.9 Å². The van der Waals surface area contributed by atoms with Crippen molar-refractivity contribution in [2.24, 2.45) is 0 Å². The van der Waals surface area contributed by atoms with Gasteiger partial charge in [-0.1, -0.05) is 35.8 Å². The zero-order valence-electron chi connectivity index (χ0n) is 11.1. The van der Waals surface area contributed by atoms with Crippen LogP contribution in [0.15, 0.2) is 18.2 Å². The summed E-state index contributed by atoms with van der Waals surface area (Å²) < 4.78 is 5.57. The lowest BCUT2D eigenvalue weighted by Crippen LogP contribution is -2.11. The third-order valence-corrected chi connectivity index (χ3v) is 2.78. The molecule has 1 aromatic rings. The van der Waals surface area contributed by atoms with E-state index in [1.807, 2.05) is 32.0 Å². The average Bonchev–Trinajstić information content (AvgIpc) is 2.32. The van der Waals surface area contributed by atoms with Gasteiger partial charge in [-0.15, -0.1) is 0 Å². The minimum Gasteiger partial charge on any atom is -0.492 e. The molecule has 1 unspecified atom stereocenters. The Balaban J connectivity index is 2.92. The molecule has 0 bridgehead atoms. The lowest BCUT2D eigenvalue weighted by Gasteiger charge is -2.13. The van der Waals surface area contributed by atoms with Gasteiger partial charge in [0, 0.05) is 11.2 Å². The van der Waals surface area contributed by atoms with Crippen LogP contribution in [0.5, 0.6) is 5.75 Å². The van der Waals surface area contributed by atoms with E-state index in [-0.39, 0.29) is 5.91 Å². The predicted octanol–water partition coefficient (Wildman–Crippen LogP) is 3.76. The first-order valence-electron chi connectivity index (χ1n) is 6.26. The van der Waals surface area contributed by atoms with Gasteiger partial charge in [-0.2, -0.15) is 0 Å². The molecule has 3 nitrogen and oxygen atoms in total. The van der Waals surface area contributed by atoms with E-state index in [1.54, 1.807) is 0 Å². The second kappa shape index (κ2) is 7.41. The first kappa shape index (κ1) is 15.0. The topological polar surface area (TPSA) is 38.3 Å². The number of amides is 1. The normalized spacial score (nSPS) is 12.0. The fourth-order valence-electron chi connectivity index (χ4n) is 1.64. The van der Waals surface area contributed by atoms with Crippen LogP contribution in [0.1, 0.15) is 32.8 Å². The molecule has 0 aliphatic heterocycles. The summed E-state index contributed by atoms with van der Waals surface area (Å²) in [5.74, 6) is 0.738. The second-order valence-electron chi connectivity index (χ2n) is 4.15. The summed E-state index contributed by atoms with van der Waals surface area (Å²) in [5.41, 5.74) is 1.94. The Kier molecular flexibility index (Phi) is 6.19. The molecule has 1 atom stereocenters. The van der Waals surface area contributed by atoms with Gasteiger partial charge in [0.2, 0.25) is 5.91 Å². The molecule has 0 heterocycles. The molecular weight excluding hydrogens is 294 g/mol. The third-order valence-electron chi connectivity index (χ3n) is 2.46. The number of carbonyl (C=O) groups excluding carboxylic acids is 1. The summed E-state index contributed by atoms with van der Waals surface area (Å²) in [4.78, 5) is 11.8. The average molecular weight is 314 g/mol. The van der Waals surface area contributed by atoms with Crippen molar-refractivity contribution in [3.63, 3.8) is 0 Å². The van der Waals surface area contributed by atoms with Crippen LogP contribution in [0.3, 0.4) is 0 Å². The second-order valence-corrected chi connectivity index (χ2v) is 5.71. The van der Waals surface area contributed by atoms with Gasteiger partial charge in [-0.05, 0) is 31.0 Å². The molecule has 0 radical (unpaired) electrons. The van der Waals surface area contributed by atoms with Gasteiger partial charge in [0.05, 0.1) is 12.3 Å². The number of hydrogen-bond acceptors (Lipinski definition) is 2. The van der Waals surface area contributed by atoms with E-state index in [0.717, 1.165) is 17.9 Å². The summed E-state index contributed by atoms with van der Waals surface area (Å²) >= 11 is 3.53. The number of carbonyl (C=O) groups is 1. The van der Waals surface area contributed by atoms with Gasteiger partial charge < -0.3 is 10.1 Å². The van der Waals surface area contributed by atoms with Crippen molar-refractivity contribution >= 4 is 27.5 Å². The van der Waals surface area contributed by atoms with Crippen LogP contribution in [-0.2, 0) is 11.2 Å². The van der Waals surface area contributed by atoms with Crippen LogP contribution in [0.25, 0.3) is 0 Å². The quantitative estimate of drug-likeness (QED) is 0.812. The summed E-state index contributed by atoms with van der Waals surface area (Å²) in [5, 5.41) is 2.85. The van der Waals surface area contributed by atoms with Gasteiger partial charge in [-0.25, -0.2) is 0 Å². The van der Waals surface area contributed by atoms with Crippen molar-refractivity contribution in [2.75, 3.05) is 11.9 Å². The van der Waals surface area contributed by atoms with Gasteiger partial charge in [0.1, 0.15) is 5.75 Å². The molecule has 0 saturated heterocycles. The molecule has 18 heavy (non-hydrogen) atoms. The van der Waals surface area contributed by atoms with E-state index in [2.05, 4.69) is 28.2 Å². The van der Waals surface area contributed by atoms with Gasteiger partial charge in [0.15, 0.2) is 0 Å². The van der Waals surface area contributed by atoms with Crippen molar-refractivity contribution in [1.29, 1.82) is 0 Å². The first-order chi connectivity index (χ1) is 8.56. The molecule has 1 amide bonds. The highest BCUT2D eigenvalue weighted by Crippen LogP contribution is 2.27. The lowest BCUT2D eigenvalue weighted by molar-refractivity contribution is -0.115. The SMILES string of the molecule is CCOc1cc(CC(C)Br)ccc1NC(=O)CC. The number of ether oxygens (including phenoxy) is 1. The molecule has 0 spiro atoms. The van der Waals surface area contributed by atoms with Crippen molar-refractivity contribution < 1.29 is 9.53 Å². The molecule has 1 N–H and O–H groups in total. The van der Waals surface area contributed by atoms with E-state index < -0.39 is 0 Å². The number of benzene rings is 1. The molecule has 0 fully saturated rings. The molecule has 0 aliphatic rings. The first-order valence-corrected chi connectivity index (χ1v) is 7.18. The summed E-state index contributed by atoms with van der Waals surface area (Å²) in [6, 6.07) is 5.92. The summed E-state index contributed by atoms with van der Waals surface area (Å²) in [7, 11) is 0. The Morgan fingerprint density at radius 2 is 2.17 bits per heavy atom. The maximum atomic E-state index is 11.4. The molecule has 0 saturated carbocycles. The maximum Gasteiger partial charge on any atom is 0.224 e. The van der Waals surface area contributed by atoms with Crippen molar-refractivity contribution in [2.45, 2.75) is 38.4 Å². The minimum atomic E-state index is -0.00226. The third kappa shape index (κ3) is 4.69. The van der Waals surface area contributed by atoms with Gasteiger partial charge >= 0.3 is 0 Å². The summed E-state index contributed by atoms with van der Waals surface area (Å²) in [6.45, 7) is 6.46. The molecule has 1 rings (SSSR count). The fourth-order valence-corrected chi connectivity index (χ4v) is 2.01. The lowest BCUT2D eigenvalue weighted by atomic mass is 10.1. The van der Waals surface area contributed by atoms with Crippen LogP contribution in [0.2, 0.25) is 0 Å². The molecular formula is C14H20BrNO2. The maximum absolute atomic E-state index is 11.4. The molecule has 0 aliphatic carbocycles. The Labute approximate surface area is 117 Å². The van der Waals surface area contributed by atoms with E-state index in [0.29, 0.717) is 17.9 Å². The Bertz CT molecular complexity index is 405.